The standard InChI is InChI=1S/C18H21NO3S/c20-23(21,15-7-10-16-8-3-1-4-9-16)19-13-14-22-18(19)17-11-5-2-6-12-17/h1-6,8-9,11-12,18H,7,10,13-15H2. The maximum Gasteiger partial charge on any atom is 0.216 e. The molecule has 0 bridgehead atoms. The predicted molar refractivity (Wildman–Crippen MR) is 90.4 cm³/mol. The van der Waals surface area contributed by atoms with Crippen molar-refractivity contribution in [3.05, 3.63) is 71.8 Å². The molecule has 0 aliphatic carbocycles. The van der Waals surface area contributed by atoms with Crippen molar-refractivity contribution in [2.75, 3.05) is 18.9 Å². The molecule has 1 unspecified atom stereocenters. The third kappa shape index (κ3) is 3.99. The van der Waals surface area contributed by atoms with E-state index in [1.807, 2.05) is 60.7 Å². The molecular formula is C18H21NO3S. The van der Waals surface area contributed by atoms with Crippen molar-refractivity contribution in [1.29, 1.82) is 0 Å². The van der Waals surface area contributed by atoms with E-state index in [1.165, 1.54) is 9.87 Å². The zero-order valence-corrected chi connectivity index (χ0v) is 13.8. The molecule has 5 heteroatoms. The second-order valence-electron chi connectivity index (χ2n) is 5.65. The Hall–Kier alpha value is -1.69. The fourth-order valence-electron chi connectivity index (χ4n) is 2.84. The molecule has 1 aliphatic heterocycles. The quantitative estimate of drug-likeness (QED) is 0.817. The van der Waals surface area contributed by atoms with Gasteiger partial charge in [0, 0.05) is 6.54 Å². The molecule has 23 heavy (non-hydrogen) atoms. The van der Waals surface area contributed by atoms with Crippen LogP contribution in [0.3, 0.4) is 0 Å². The summed E-state index contributed by atoms with van der Waals surface area (Å²) in [5.41, 5.74) is 2.05. The highest BCUT2D eigenvalue weighted by molar-refractivity contribution is 7.89. The third-order valence-corrected chi connectivity index (χ3v) is 5.89. The lowest BCUT2D eigenvalue weighted by Gasteiger charge is -2.22. The van der Waals surface area contributed by atoms with Gasteiger partial charge in [0.2, 0.25) is 10.0 Å². The summed E-state index contributed by atoms with van der Waals surface area (Å²) in [6.45, 7) is 0.866. The minimum atomic E-state index is -3.32. The van der Waals surface area contributed by atoms with Gasteiger partial charge in [-0.3, -0.25) is 0 Å². The van der Waals surface area contributed by atoms with Gasteiger partial charge in [0.1, 0.15) is 6.23 Å². The Balaban J connectivity index is 1.64. The van der Waals surface area contributed by atoms with Gasteiger partial charge in [-0.1, -0.05) is 60.7 Å². The monoisotopic (exact) mass is 331 g/mol. The molecule has 1 heterocycles. The first-order valence-corrected chi connectivity index (χ1v) is 9.48. The molecule has 2 aromatic carbocycles. The number of ether oxygens (including phenoxy) is 1. The van der Waals surface area contributed by atoms with E-state index in [9.17, 15) is 8.42 Å². The second kappa shape index (κ2) is 7.25. The van der Waals surface area contributed by atoms with Crippen LogP contribution in [0.1, 0.15) is 23.8 Å². The zero-order chi connectivity index (χ0) is 16.1. The van der Waals surface area contributed by atoms with Gasteiger partial charge in [-0.15, -0.1) is 0 Å². The maximum absolute atomic E-state index is 12.7. The van der Waals surface area contributed by atoms with Crippen LogP contribution in [-0.2, 0) is 21.2 Å². The van der Waals surface area contributed by atoms with Crippen LogP contribution in [0.25, 0.3) is 0 Å². The topological polar surface area (TPSA) is 46.6 Å². The Kier molecular flexibility index (Phi) is 5.10. The molecule has 0 saturated carbocycles. The van der Waals surface area contributed by atoms with Crippen LogP contribution in [0.15, 0.2) is 60.7 Å². The van der Waals surface area contributed by atoms with E-state index in [4.69, 9.17) is 4.74 Å². The van der Waals surface area contributed by atoms with E-state index in [2.05, 4.69) is 0 Å². The van der Waals surface area contributed by atoms with E-state index in [-0.39, 0.29) is 5.75 Å². The lowest BCUT2D eigenvalue weighted by atomic mass is 10.1. The summed E-state index contributed by atoms with van der Waals surface area (Å²) in [7, 11) is -3.32. The summed E-state index contributed by atoms with van der Waals surface area (Å²) in [6.07, 6.45) is 0.896. The first kappa shape index (κ1) is 16.2. The Morgan fingerprint density at radius 3 is 2.35 bits per heavy atom. The lowest BCUT2D eigenvalue weighted by Crippen LogP contribution is -2.33. The van der Waals surface area contributed by atoms with Crippen molar-refractivity contribution in [2.24, 2.45) is 0 Å². The summed E-state index contributed by atoms with van der Waals surface area (Å²) in [6, 6.07) is 19.5. The molecule has 1 atom stereocenters. The summed E-state index contributed by atoms with van der Waals surface area (Å²) >= 11 is 0. The van der Waals surface area contributed by atoms with E-state index >= 15 is 0 Å². The number of benzene rings is 2. The molecule has 1 aliphatic rings. The van der Waals surface area contributed by atoms with Crippen molar-refractivity contribution in [2.45, 2.75) is 19.1 Å². The maximum atomic E-state index is 12.7. The van der Waals surface area contributed by atoms with Crippen LogP contribution in [-0.4, -0.2) is 31.6 Å². The van der Waals surface area contributed by atoms with Crippen molar-refractivity contribution >= 4 is 10.0 Å². The molecular weight excluding hydrogens is 310 g/mol. The molecule has 1 fully saturated rings. The highest BCUT2D eigenvalue weighted by Gasteiger charge is 2.35. The fourth-order valence-corrected chi connectivity index (χ4v) is 4.41. The van der Waals surface area contributed by atoms with Gasteiger partial charge >= 0.3 is 0 Å². The Labute approximate surface area is 137 Å². The molecule has 4 nitrogen and oxygen atoms in total. The van der Waals surface area contributed by atoms with Crippen LogP contribution in [0, 0.1) is 0 Å². The van der Waals surface area contributed by atoms with Gasteiger partial charge in [0.05, 0.1) is 12.4 Å². The van der Waals surface area contributed by atoms with Crippen LogP contribution in [0.5, 0.6) is 0 Å². The zero-order valence-electron chi connectivity index (χ0n) is 13.0. The molecule has 2 aromatic rings. The molecule has 0 radical (unpaired) electrons. The Morgan fingerprint density at radius 2 is 1.65 bits per heavy atom. The summed E-state index contributed by atoms with van der Waals surface area (Å²) < 4.78 is 32.4. The van der Waals surface area contributed by atoms with Crippen molar-refractivity contribution in [3.63, 3.8) is 0 Å². The molecule has 1 saturated heterocycles. The van der Waals surface area contributed by atoms with Crippen LogP contribution >= 0.6 is 0 Å². The molecule has 0 N–H and O–H groups in total. The van der Waals surface area contributed by atoms with E-state index in [0.717, 1.165) is 12.0 Å². The van der Waals surface area contributed by atoms with E-state index < -0.39 is 16.3 Å². The number of hydrogen-bond acceptors (Lipinski definition) is 3. The van der Waals surface area contributed by atoms with Crippen LogP contribution < -0.4 is 0 Å². The van der Waals surface area contributed by atoms with Gasteiger partial charge in [-0.05, 0) is 24.0 Å². The van der Waals surface area contributed by atoms with Gasteiger partial charge in [-0.2, -0.15) is 4.31 Å². The molecule has 122 valence electrons. The predicted octanol–water partition coefficient (Wildman–Crippen LogP) is 2.98. The van der Waals surface area contributed by atoms with Crippen molar-refractivity contribution < 1.29 is 13.2 Å². The first-order valence-electron chi connectivity index (χ1n) is 7.87. The Bertz CT molecular complexity index is 716. The smallest absolute Gasteiger partial charge is 0.216 e. The van der Waals surface area contributed by atoms with Crippen LogP contribution in [0.4, 0.5) is 0 Å². The highest BCUT2D eigenvalue weighted by Crippen LogP contribution is 2.29. The third-order valence-electron chi connectivity index (χ3n) is 4.00. The lowest BCUT2D eigenvalue weighted by molar-refractivity contribution is 0.0683. The van der Waals surface area contributed by atoms with Gasteiger partial charge < -0.3 is 4.74 Å². The average Bonchev–Trinajstić information content (AvgIpc) is 3.07. The summed E-state index contributed by atoms with van der Waals surface area (Å²) in [5.74, 6) is 0.147. The van der Waals surface area contributed by atoms with Gasteiger partial charge in [-0.25, -0.2) is 8.42 Å². The summed E-state index contributed by atoms with van der Waals surface area (Å²) in [4.78, 5) is 0. The van der Waals surface area contributed by atoms with Gasteiger partial charge in [0.15, 0.2) is 0 Å². The average molecular weight is 331 g/mol. The summed E-state index contributed by atoms with van der Waals surface area (Å²) in [5, 5.41) is 0. The van der Waals surface area contributed by atoms with Crippen molar-refractivity contribution in [1.82, 2.24) is 4.31 Å². The molecule has 3 rings (SSSR count). The fraction of sp³-hybridized carbons (Fsp3) is 0.333. The Morgan fingerprint density at radius 1 is 1.00 bits per heavy atom. The number of sulfonamides is 1. The minimum Gasteiger partial charge on any atom is -0.356 e. The van der Waals surface area contributed by atoms with E-state index in [1.54, 1.807) is 0 Å². The number of rotatable bonds is 6. The highest BCUT2D eigenvalue weighted by atomic mass is 32.2. The number of hydrogen-bond donors (Lipinski definition) is 0. The van der Waals surface area contributed by atoms with Gasteiger partial charge in [0.25, 0.3) is 0 Å². The van der Waals surface area contributed by atoms with Crippen molar-refractivity contribution in [3.8, 4) is 0 Å². The first-order chi connectivity index (χ1) is 11.2. The number of aryl methyl sites for hydroxylation is 1. The minimum absolute atomic E-state index is 0.147. The normalized spacial score (nSPS) is 19.0. The number of nitrogens with zero attached hydrogens (tertiary/aromatic N) is 1. The molecule has 0 spiro atoms. The van der Waals surface area contributed by atoms with Crippen LogP contribution in [0.2, 0.25) is 0 Å². The largest absolute Gasteiger partial charge is 0.356 e. The van der Waals surface area contributed by atoms with E-state index in [0.29, 0.717) is 19.6 Å². The SMILES string of the molecule is O=S(=O)(CCCc1ccccc1)N1CCOC1c1ccccc1. The second-order valence-corrected chi connectivity index (χ2v) is 7.69. The molecule has 0 aromatic heterocycles. The molecule has 0 amide bonds.